The SMILES string of the molecule is C=C1C[C@]2([C@@H](COCc3ccccc3)C(=O)OC)C[C@H]1C1(C[C@H]2C(=C)C)OCCO1. The number of carbonyl (C=O) groups excluding carboxylic acids is 1. The lowest BCUT2D eigenvalue weighted by Crippen LogP contribution is -2.53. The maximum atomic E-state index is 13.0. The average Bonchev–Trinajstić information content (AvgIpc) is 3.32. The van der Waals surface area contributed by atoms with Crippen molar-refractivity contribution >= 4 is 5.97 Å². The summed E-state index contributed by atoms with van der Waals surface area (Å²) in [7, 11) is 1.45. The van der Waals surface area contributed by atoms with Crippen molar-refractivity contribution in [2.75, 3.05) is 26.9 Å². The number of rotatable bonds is 7. The predicted molar refractivity (Wildman–Crippen MR) is 113 cm³/mol. The van der Waals surface area contributed by atoms with Crippen LogP contribution in [0.25, 0.3) is 0 Å². The summed E-state index contributed by atoms with van der Waals surface area (Å²) in [5.74, 6) is -1.11. The minimum absolute atomic E-state index is 0.0653. The van der Waals surface area contributed by atoms with Gasteiger partial charge in [0.25, 0.3) is 0 Å². The molecule has 162 valence electrons. The molecule has 2 saturated carbocycles. The van der Waals surface area contributed by atoms with Crippen molar-refractivity contribution in [1.82, 2.24) is 0 Å². The number of benzene rings is 1. The van der Waals surface area contributed by atoms with E-state index in [2.05, 4.69) is 13.2 Å². The van der Waals surface area contributed by atoms with Crippen LogP contribution in [0.4, 0.5) is 0 Å². The number of carbonyl (C=O) groups is 1. The summed E-state index contributed by atoms with van der Waals surface area (Å²) in [6.07, 6.45) is 2.20. The molecule has 1 aromatic carbocycles. The lowest BCUT2D eigenvalue weighted by Gasteiger charge is -2.50. The molecule has 4 rings (SSSR count). The Labute approximate surface area is 179 Å². The van der Waals surface area contributed by atoms with Crippen LogP contribution < -0.4 is 0 Å². The van der Waals surface area contributed by atoms with Crippen molar-refractivity contribution in [3.63, 3.8) is 0 Å². The maximum Gasteiger partial charge on any atom is 0.311 e. The Kier molecular flexibility index (Phi) is 5.88. The molecule has 0 unspecified atom stereocenters. The highest BCUT2D eigenvalue weighted by Crippen LogP contribution is 2.66. The Morgan fingerprint density at radius 1 is 1.23 bits per heavy atom. The molecular weight excluding hydrogens is 380 g/mol. The number of allylic oxidation sites excluding steroid dienone is 1. The van der Waals surface area contributed by atoms with Gasteiger partial charge in [-0.25, -0.2) is 0 Å². The highest BCUT2D eigenvalue weighted by molar-refractivity contribution is 5.74. The lowest BCUT2D eigenvalue weighted by molar-refractivity contribution is -0.225. The molecule has 0 amide bonds. The van der Waals surface area contributed by atoms with Crippen LogP contribution >= 0.6 is 0 Å². The third-order valence-electron chi connectivity index (χ3n) is 7.29. The molecule has 3 fully saturated rings. The standard InChI is InChI=1S/C25H32O5/c1-17(2)20-14-25(29-10-11-30-25)21-13-24(20,12-18(21)3)22(23(26)27-4)16-28-15-19-8-6-5-7-9-19/h5-9,20-22H,1,3,10-16H2,2,4H3/t20-,21+,22-,24-/m0/s1. The fraction of sp³-hybridized carbons (Fsp3) is 0.560. The molecule has 1 heterocycles. The quantitative estimate of drug-likeness (QED) is 0.494. The van der Waals surface area contributed by atoms with E-state index in [9.17, 15) is 4.79 Å². The maximum absolute atomic E-state index is 13.0. The third-order valence-corrected chi connectivity index (χ3v) is 7.29. The van der Waals surface area contributed by atoms with Crippen LogP contribution in [0.1, 0.15) is 31.7 Å². The molecule has 0 radical (unpaired) electrons. The van der Waals surface area contributed by atoms with Crippen LogP contribution in [0.3, 0.4) is 0 Å². The highest BCUT2D eigenvalue weighted by atomic mass is 16.7. The van der Waals surface area contributed by atoms with E-state index in [1.807, 2.05) is 37.3 Å². The van der Waals surface area contributed by atoms with Gasteiger partial charge in [-0.3, -0.25) is 4.79 Å². The summed E-state index contributed by atoms with van der Waals surface area (Å²) in [5.41, 5.74) is 2.88. The minimum atomic E-state index is -0.633. The average molecular weight is 413 g/mol. The van der Waals surface area contributed by atoms with E-state index < -0.39 is 11.7 Å². The molecule has 5 nitrogen and oxygen atoms in total. The van der Waals surface area contributed by atoms with Crippen molar-refractivity contribution in [2.45, 2.75) is 38.6 Å². The van der Waals surface area contributed by atoms with Gasteiger partial charge in [0.1, 0.15) is 0 Å². The molecule has 2 bridgehead atoms. The van der Waals surface area contributed by atoms with Crippen molar-refractivity contribution in [3.8, 4) is 0 Å². The molecular formula is C25H32O5. The van der Waals surface area contributed by atoms with E-state index >= 15 is 0 Å². The Hall–Kier alpha value is -1.95. The first kappa shape index (κ1) is 21.3. The lowest BCUT2D eigenvalue weighted by atomic mass is 9.57. The molecule has 2 aliphatic carbocycles. The van der Waals surface area contributed by atoms with Gasteiger partial charge in [-0.05, 0) is 36.7 Å². The number of ether oxygens (including phenoxy) is 4. The topological polar surface area (TPSA) is 54.0 Å². The molecule has 3 aliphatic rings. The van der Waals surface area contributed by atoms with Gasteiger partial charge >= 0.3 is 5.97 Å². The van der Waals surface area contributed by atoms with Crippen LogP contribution in [-0.4, -0.2) is 38.7 Å². The van der Waals surface area contributed by atoms with Gasteiger partial charge in [0.15, 0.2) is 5.79 Å². The molecule has 4 atom stereocenters. The van der Waals surface area contributed by atoms with E-state index in [-0.39, 0.29) is 23.2 Å². The smallest absolute Gasteiger partial charge is 0.311 e. The molecule has 1 aromatic rings. The first-order chi connectivity index (χ1) is 14.4. The van der Waals surface area contributed by atoms with Crippen molar-refractivity contribution < 1.29 is 23.7 Å². The van der Waals surface area contributed by atoms with E-state index in [1.165, 1.54) is 7.11 Å². The van der Waals surface area contributed by atoms with Gasteiger partial charge in [0, 0.05) is 12.3 Å². The van der Waals surface area contributed by atoms with Crippen LogP contribution in [0, 0.1) is 23.2 Å². The molecule has 5 heteroatoms. The first-order valence-corrected chi connectivity index (χ1v) is 10.7. The number of hydrogen-bond acceptors (Lipinski definition) is 5. The van der Waals surface area contributed by atoms with Crippen LogP contribution in [0.2, 0.25) is 0 Å². The number of esters is 1. The van der Waals surface area contributed by atoms with Gasteiger partial charge in [-0.1, -0.05) is 54.6 Å². The zero-order chi connectivity index (χ0) is 21.4. The third kappa shape index (κ3) is 3.53. The number of fused-ring (bicyclic) bond motifs is 3. The molecule has 0 aromatic heterocycles. The normalized spacial score (nSPS) is 30.4. The zero-order valence-corrected chi connectivity index (χ0v) is 18.0. The van der Waals surface area contributed by atoms with E-state index in [1.54, 1.807) is 0 Å². The second-order valence-electron chi connectivity index (χ2n) is 9.01. The molecule has 1 saturated heterocycles. The van der Waals surface area contributed by atoms with Gasteiger partial charge in [-0.2, -0.15) is 0 Å². The van der Waals surface area contributed by atoms with Crippen molar-refractivity contribution in [1.29, 1.82) is 0 Å². The summed E-state index contributed by atoms with van der Waals surface area (Å²) in [6.45, 7) is 12.6. The predicted octanol–water partition coefficient (Wildman–Crippen LogP) is 4.28. The van der Waals surface area contributed by atoms with Gasteiger partial charge in [0.05, 0.1) is 39.5 Å². The monoisotopic (exact) mass is 412 g/mol. The summed E-state index contributed by atoms with van der Waals surface area (Å²) < 4.78 is 23.6. The van der Waals surface area contributed by atoms with Gasteiger partial charge in [-0.15, -0.1) is 0 Å². The van der Waals surface area contributed by atoms with Crippen LogP contribution in [0.15, 0.2) is 54.6 Å². The zero-order valence-electron chi connectivity index (χ0n) is 18.0. The Bertz CT molecular complexity index is 810. The second kappa shape index (κ2) is 8.29. The summed E-state index contributed by atoms with van der Waals surface area (Å²) in [5, 5.41) is 0. The Morgan fingerprint density at radius 2 is 1.93 bits per heavy atom. The molecule has 1 spiro atoms. The molecule has 30 heavy (non-hydrogen) atoms. The Balaban J connectivity index is 1.62. The van der Waals surface area contributed by atoms with E-state index in [0.29, 0.717) is 32.8 Å². The largest absolute Gasteiger partial charge is 0.469 e. The number of hydrogen-bond donors (Lipinski definition) is 0. The minimum Gasteiger partial charge on any atom is -0.469 e. The summed E-state index contributed by atoms with van der Waals surface area (Å²) in [4.78, 5) is 13.0. The summed E-state index contributed by atoms with van der Waals surface area (Å²) in [6, 6.07) is 10.00. The van der Waals surface area contributed by atoms with Crippen LogP contribution in [-0.2, 0) is 30.3 Å². The first-order valence-electron chi connectivity index (χ1n) is 10.7. The fourth-order valence-electron chi connectivity index (χ4n) is 5.95. The Morgan fingerprint density at radius 3 is 2.57 bits per heavy atom. The summed E-state index contributed by atoms with van der Waals surface area (Å²) >= 11 is 0. The van der Waals surface area contributed by atoms with Gasteiger partial charge in [0.2, 0.25) is 0 Å². The number of methoxy groups -OCH3 is 1. The molecule has 1 aliphatic heterocycles. The van der Waals surface area contributed by atoms with Crippen molar-refractivity contribution in [3.05, 3.63) is 60.2 Å². The van der Waals surface area contributed by atoms with Gasteiger partial charge < -0.3 is 18.9 Å². The van der Waals surface area contributed by atoms with Crippen LogP contribution in [0.5, 0.6) is 0 Å². The molecule has 0 N–H and O–H groups in total. The fourth-order valence-corrected chi connectivity index (χ4v) is 5.95. The highest BCUT2D eigenvalue weighted by Gasteiger charge is 2.65. The van der Waals surface area contributed by atoms with E-state index in [0.717, 1.165) is 29.6 Å². The van der Waals surface area contributed by atoms with Crippen molar-refractivity contribution in [2.24, 2.45) is 23.2 Å². The van der Waals surface area contributed by atoms with E-state index in [4.69, 9.17) is 18.9 Å². The second-order valence-corrected chi connectivity index (χ2v) is 9.01.